The van der Waals surface area contributed by atoms with E-state index in [2.05, 4.69) is 25.7 Å². The Morgan fingerprint density at radius 3 is 2.65 bits per heavy atom. The van der Waals surface area contributed by atoms with Crippen molar-refractivity contribution in [2.45, 2.75) is 6.92 Å². The number of anilines is 1. The van der Waals surface area contributed by atoms with Gasteiger partial charge in [-0.05, 0) is 12.1 Å². The SMILES string of the molecule is Cc1nc(-c2cccc(NC(=O)c3cn[nH]c3-c3ccccc3)c2)no1. The summed E-state index contributed by atoms with van der Waals surface area (Å²) >= 11 is 0. The number of benzene rings is 2. The Kier molecular flexibility index (Phi) is 4.03. The lowest BCUT2D eigenvalue weighted by atomic mass is 10.1. The Balaban J connectivity index is 1.59. The number of carbonyl (C=O) groups excluding carboxylic acids is 1. The Morgan fingerprint density at radius 1 is 1.08 bits per heavy atom. The van der Waals surface area contributed by atoms with Gasteiger partial charge in [0.05, 0.1) is 17.5 Å². The van der Waals surface area contributed by atoms with Gasteiger partial charge in [0.25, 0.3) is 5.91 Å². The number of H-pyrrole nitrogens is 1. The first-order valence-corrected chi connectivity index (χ1v) is 8.01. The van der Waals surface area contributed by atoms with Gasteiger partial charge in [0.2, 0.25) is 11.7 Å². The molecule has 2 heterocycles. The first-order valence-electron chi connectivity index (χ1n) is 8.01. The maximum atomic E-state index is 12.7. The van der Waals surface area contributed by atoms with Crippen LogP contribution in [0.1, 0.15) is 16.2 Å². The highest BCUT2D eigenvalue weighted by Crippen LogP contribution is 2.23. The molecule has 2 aromatic heterocycles. The lowest BCUT2D eigenvalue weighted by molar-refractivity contribution is 0.102. The third-order valence-electron chi connectivity index (χ3n) is 3.85. The van der Waals surface area contributed by atoms with Gasteiger partial charge in [-0.25, -0.2) is 0 Å². The minimum absolute atomic E-state index is 0.251. The topological polar surface area (TPSA) is 96.7 Å². The standard InChI is InChI=1S/C19H15N5O2/c1-12-21-18(24-26-12)14-8-5-9-15(10-14)22-19(25)16-11-20-23-17(16)13-6-3-2-4-7-13/h2-11H,1H3,(H,20,23)(H,22,25). The molecule has 26 heavy (non-hydrogen) atoms. The van der Waals surface area contributed by atoms with Gasteiger partial charge in [-0.1, -0.05) is 47.6 Å². The number of nitrogens with zero attached hydrogens (tertiary/aromatic N) is 3. The van der Waals surface area contributed by atoms with E-state index in [1.807, 2.05) is 42.5 Å². The molecule has 128 valence electrons. The van der Waals surface area contributed by atoms with Crippen LogP contribution >= 0.6 is 0 Å². The van der Waals surface area contributed by atoms with Crippen molar-refractivity contribution in [2.75, 3.05) is 5.32 Å². The quantitative estimate of drug-likeness (QED) is 0.588. The first-order chi connectivity index (χ1) is 12.7. The average Bonchev–Trinajstić information content (AvgIpc) is 3.32. The van der Waals surface area contributed by atoms with Crippen molar-refractivity contribution in [1.29, 1.82) is 0 Å². The number of aromatic amines is 1. The number of aromatic nitrogens is 4. The Bertz CT molecular complexity index is 1050. The van der Waals surface area contributed by atoms with Gasteiger partial charge in [0.15, 0.2) is 0 Å². The van der Waals surface area contributed by atoms with E-state index < -0.39 is 0 Å². The molecule has 0 unspecified atom stereocenters. The number of amides is 1. The fraction of sp³-hybridized carbons (Fsp3) is 0.0526. The summed E-state index contributed by atoms with van der Waals surface area (Å²) in [6, 6.07) is 16.9. The van der Waals surface area contributed by atoms with E-state index >= 15 is 0 Å². The molecule has 7 nitrogen and oxygen atoms in total. The molecule has 2 N–H and O–H groups in total. The molecule has 2 aromatic carbocycles. The summed E-state index contributed by atoms with van der Waals surface area (Å²) in [6.07, 6.45) is 1.52. The summed E-state index contributed by atoms with van der Waals surface area (Å²) in [4.78, 5) is 16.9. The van der Waals surface area contributed by atoms with Crippen LogP contribution in [0.5, 0.6) is 0 Å². The lowest BCUT2D eigenvalue weighted by Gasteiger charge is -2.07. The summed E-state index contributed by atoms with van der Waals surface area (Å²) in [5, 5.41) is 13.7. The fourth-order valence-corrected chi connectivity index (χ4v) is 2.63. The van der Waals surface area contributed by atoms with E-state index in [-0.39, 0.29) is 5.91 Å². The van der Waals surface area contributed by atoms with E-state index in [4.69, 9.17) is 4.52 Å². The minimum atomic E-state index is -0.251. The zero-order chi connectivity index (χ0) is 17.9. The molecule has 0 aliphatic heterocycles. The smallest absolute Gasteiger partial charge is 0.259 e. The summed E-state index contributed by atoms with van der Waals surface area (Å²) < 4.78 is 5.00. The second-order valence-electron chi connectivity index (χ2n) is 5.70. The second-order valence-corrected chi connectivity index (χ2v) is 5.70. The first kappa shape index (κ1) is 15.8. The van der Waals surface area contributed by atoms with Crippen molar-refractivity contribution in [3.8, 4) is 22.6 Å². The highest BCUT2D eigenvalue weighted by Gasteiger charge is 2.16. The lowest BCUT2D eigenvalue weighted by Crippen LogP contribution is -2.12. The number of hydrogen-bond acceptors (Lipinski definition) is 5. The van der Waals surface area contributed by atoms with E-state index in [1.165, 1.54) is 6.20 Å². The van der Waals surface area contributed by atoms with Crippen molar-refractivity contribution < 1.29 is 9.32 Å². The Labute approximate surface area is 149 Å². The average molecular weight is 345 g/mol. The largest absolute Gasteiger partial charge is 0.339 e. The third-order valence-corrected chi connectivity index (χ3v) is 3.85. The number of rotatable bonds is 4. The van der Waals surface area contributed by atoms with Crippen LogP contribution in [0, 0.1) is 6.92 Å². The summed E-state index contributed by atoms with van der Waals surface area (Å²) in [5.74, 6) is 0.714. The molecule has 0 fully saturated rings. The molecule has 0 saturated carbocycles. The van der Waals surface area contributed by atoms with Crippen LogP contribution in [-0.2, 0) is 0 Å². The number of aryl methyl sites for hydroxylation is 1. The van der Waals surface area contributed by atoms with Crippen molar-refractivity contribution in [2.24, 2.45) is 0 Å². The maximum Gasteiger partial charge on any atom is 0.259 e. The molecular weight excluding hydrogens is 330 g/mol. The van der Waals surface area contributed by atoms with E-state index in [9.17, 15) is 4.79 Å². The van der Waals surface area contributed by atoms with Crippen molar-refractivity contribution in [1.82, 2.24) is 20.3 Å². The summed E-state index contributed by atoms with van der Waals surface area (Å²) in [5.41, 5.74) is 3.43. The summed E-state index contributed by atoms with van der Waals surface area (Å²) in [6.45, 7) is 1.73. The van der Waals surface area contributed by atoms with Crippen molar-refractivity contribution in [3.63, 3.8) is 0 Å². The van der Waals surface area contributed by atoms with Crippen LogP contribution in [0.4, 0.5) is 5.69 Å². The van der Waals surface area contributed by atoms with Crippen LogP contribution < -0.4 is 5.32 Å². The highest BCUT2D eigenvalue weighted by molar-refractivity contribution is 6.08. The van der Waals surface area contributed by atoms with Gasteiger partial charge >= 0.3 is 0 Å². The molecule has 0 spiro atoms. The van der Waals surface area contributed by atoms with Crippen molar-refractivity contribution >= 4 is 11.6 Å². The van der Waals surface area contributed by atoms with Crippen LogP contribution in [-0.4, -0.2) is 26.2 Å². The maximum absolute atomic E-state index is 12.7. The normalized spacial score (nSPS) is 10.7. The van der Waals surface area contributed by atoms with Gasteiger partial charge in [-0.15, -0.1) is 0 Å². The molecule has 0 bridgehead atoms. The molecular formula is C19H15N5O2. The molecule has 0 atom stereocenters. The molecule has 4 aromatic rings. The molecule has 0 aliphatic carbocycles. The highest BCUT2D eigenvalue weighted by atomic mass is 16.5. The number of nitrogens with one attached hydrogen (secondary N) is 2. The van der Waals surface area contributed by atoms with Crippen LogP contribution in [0.2, 0.25) is 0 Å². The third kappa shape index (κ3) is 3.10. The van der Waals surface area contributed by atoms with Crippen LogP contribution in [0.3, 0.4) is 0 Å². The van der Waals surface area contributed by atoms with Gasteiger partial charge < -0.3 is 9.84 Å². The molecule has 4 rings (SSSR count). The zero-order valence-electron chi connectivity index (χ0n) is 13.9. The van der Waals surface area contributed by atoms with Crippen LogP contribution in [0.25, 0.3) is 22.6 Å². The van der Waals surface area contributed by atoms with Crippen molar-refractivity contribution in [3.05, 3.63) is 72.2 Å². The molecule has 0 saturated heterocycles. The van der Waals surface area contributed by atoms with E-state index in [0.29, 0.717) is 28.7 Å². The predicted molar refractivity (Wildman–Crippen MR) is 96.4 cm³/mol. The molecule has 0 aliphatic rings. The molecule has 1 amide bonds. The molecule has 0 radical (unpaired) electrons. The van der Waals surface area contributed by atoms with Gasteiger partial charge in [0.1, 0.15) is 0 Å². The molecule has 7 heteroatoms. The number of carbonyl (C=O) groups is 1. The van der Waals surface area contributed by atoms with Gasteiger partial charge in [-0.3, -0.25) is 9.89 Å². The van der Waals surface area contributed by atoms with E-state index in [0.717, 1.165) is 11.1 Å². The van der Waals surface area contributed by atoms with Crippen LogP contribution in [0.15, 0.2) is 65.3 Å². The fourth-order valence-electron chi connectivity index (χ4n) is 2.63. The Morgan fingerprint density at radius 2 is 1.88 bits per heavy atom. The Hall–Kier alpha value is -3.74. The second kappa shape index (κ2) is 6.64. The summed E-state index contributed by atoms with van der Waals surface area (Å²) in [7, 11) is 0. The predicted octanol–water partition coefficient (Wildman–Crippen LogP) is 3.69. The monoisotopic (exact) mass is 345 g/mol. The van der Waals surface area contributed by atoms with Gasteiger partial charge in [0, 0.05) is 23.7 Å². The van der Waals surface area contributed by atoms with Gasteiger partial charge in [-0.2, -0.15) is 10.1 Å². The zero-order valence-corrected chi connectivity index (χ0v) is 13.9. The van der Waals surface area contributed by atoms with E-state index in [1.54, 1.807) is 19.1 Å². The number of hydrogen-bond donors (Lipinski definition) is 2. The minimum Gasteiger partial charge on any atom is -0.339 e.